The van der Waals surface area contributed by atoms with E-state index >= 15 is 0 Å². The van der Waals surface area contributed by atoms with Gasteiger partial charge < -0.3 is 14.2 Å². The van der Waals surface area contributed by atoms with Crippen LogP contribution in [0.4, 0.5) is 13.2 Å². The summed E-state index contributed by atoms with van der Waals surface area (Å²) in [5.41, 5.74) is -0.143. The molecule has 1 aliphatic rings. The fourth-order valence-corrected chi connectivity index (χ4v) is 4.04. The lowest BCUT2D eigenvalue weighted by Crippen LogP contribution is -2.41. The molecule has 0 unspecified atom stereocenters. The summed E-state index contributed by atoms with van der Waals surface area (Å²) in [6, 6.07) is 11.6. The van der Waals surface area contributed by atoms with Crippen LogP contribution in [0.2, 0.25) is 5.15 Å². The molecule has 10 heteroatoms. The number of morpholine rings is 1. The second-order valence-corrected chi connectivity index (χ2v) is 7.80. The second-order valence-electron chi connectivity index (χ2n) is 7.41. The van der Waals surface area contributed by atoms with Gasteiger partial charge in [-0.3, -0.25) is 4.79 Å². The smallest absolute Gasteiger partial charge is 0.378 e. The van der Waals surface area contributed by atoms with E-state index in [4.69, 9.17) is 16.3 Å². The van der Waals surface area contributed by atoms with Gasteiger partial charge in [-0.05, 0) is 30.2 Å². The first-order valence-electron chi connectivity index (χ1n) is 9.98. The molecule has 4 rings (SSSR count). The number of carbonyl (C=O) groups excluding carboxylic acids is 1. The predicted molar refractivity (Wildman–Crippen MR) is 112 cm³/mol. The molecule has 6 nitrogen and oxygen atoms in total. The number of aromatic nitrogens is 3. The van der Waals surface area contributed by atoms with Crippen molar-refractivity contribution in [2.24, 2.45) is 0 Å². The van der Waals surface area contributed by atoms with Gasteiger partial charge in [0, 0.05) is 25.2 Å². The Bertz CT molecular complexity index is 1110. The molecule has 1 amide bonds. The summed E-state index contributed by atoms with van der Waals surface area (Å²) in [5, 5.41) is 7.86. The van der Waals surface area contributed by atoms with E-state index in [9.17, 15) is 18.0 Å². The van der Waals surface area contributed by atoms with Crippen LogP contribution in [0.5, 0.6) is 0 Å². The standard InChI is InChI=1S/C22H20ClF3N4O2/c1-14-18(16-7-8-17(23)28-27-16)19(21(31)29-9-11-32-12-10-29)30(20(14)22(24,25)26)13-15-5-3-2-4-6-15/h2-8H,9-13H2,1H3. The van der Waals surface area contributed by atoms with Crippen molar-refractivity contribution in [3.8, 4) is 11.3 Å². The van der Waals surface area contributed by atoms with Crippen LogP contribution < -0.4 is 0 Å². The van der Waals surface area contributed by atoms with Gasteiger partial charge in [-0.15, -0.1) is 10.2 Å². The maximum atomic E-state index is 14.3. The van der Waals surface area contributed by atoms with Gasteiger partial charge in [0.05, 0.1) is 18.9 Å². The molecule has 32 heavy (non-hydrogen) atoms. The molecule has 1 fully saturated rings. The zero-order chi connectivity index (χ0) is 22.9. The van der Waals surface area contributed by atoms with Crippen LogP contribution >= 0.6 is 11.6 Å². The number of hydrogen-bond acceptors (Lipinski definition) is 4. The van der Waals surface area contributed by atoms with Crippen LogP contribution in [0, 0.1) is 6.92 Å². The summed E-state index contributed by atoms with van der Waals surface area (Å²) >= 11 is 5.83. The van der Waals surface area contributed by atoms with Gasteiger partial charge in [0.1, 0.15) is 11.4 Å². The van der Waals surface area contributed by atoms with Crippen molar-refractivity contribution in [2.75, 3.05) is 26.3 Å². The highest BCUT2D eigenvalue weighted by Gasteiger charge is 2.42. The Labute approximate surface area is 187 Å². The molecule has 2 aromatic heterocycles. The number of ether oxygens (including phenoxy) is 1. The lowest BCUT2D eigenvalue weighted by molar-refractivity contribution is -0.143. The lowest BCUT2D eigenvalue weighted by atomic mass is 10.0. The highest BCUT2D eigenvalue weighted by atomic mass is 35.5. The molecule has 0 bridgehead atoms. The lowest BCUT2D eigenvalue weighted by Gasteiger charge is -2.28. The van der Waals surface area contributed by atoms with Crippen molar-refractivity contribution in [1.29, 1.82) is 0 Å². The Balaban J connectivity index is 1.97. The van der Waals surface area contributed by atoms with Crippen LogP contribution in [0.15, 0.2) is 42.5 Å². The Kier molecular flexibility index (Phi) is 6.21. The van der Waals surface area contributed by atoms with E-state index in [2.05, 4.69) is 10.2 Å². The summed E-state index contributed by atoms with van der Waals surface area (Å²) in [5.74, 6) is -0.505. The average molecular weight is 465 g/mol. The van der Waals surface area contributed by atoms with Crippen LogP contribution in [0.3, 0.4) is 0 Å². The minimum Gasteiger partial charge on any atom is -0.378 e. The summed E-state index contributed by atoms with van der Waals surface area (Å²) in [4.78, 5) is 15.1. The summed E-state index contributed by atoms with van der Waals surface area (Å²) in [6.45, 7) is 2.47. The largest absolute Gasteiger partial charge is 0.431 e. The number of alkyl halides is 3. The Morgan fingerprint density at radius 2 is 1.78 bits per heavy atom. The zero-order valence-electron chi connectivity index (χ0n) is 17.2. The van der Waals surface area contributed by atoms with Gasteiger partial charge in [-0.25, -0.2) is 0 Å². The highest BCUT2D eigenvalue weighted by molar-refractivity contribution is 6.29. The van der Waals surface area contributed by atoms with E-state index in [0.717, 1.165) is 4.57 Å². The molecule has 0 aliphatic carbocycles. The third-order valence-electron chi connectivity index (χ3n) is 5.35. The maximum absolute atomic E-state index is 14.3. The normalized spacial score (nSPS) is 14.6. The van der Waals surface area contributed by atoms with Crippen LogP contribution in [0.1, 0.15) is 27.3 Å². The molecular weight excluding hydrogens is 445 g/mol. The Morgan fingerprint density at radius 3 is 2.38 bits per heavy atom. The molecule has 0 radical (unpaired) electrons. The monoisotopic (exact) mass is 464 g/mol. The SMILES string of the molecule is Cc1c(-c2ccc(Cl)nn2)c(C(=O)N2CCOCC2)n(Cc2ccccc2)c1C(F)(F)F. The number of carbonyl (C=O) groups is 1. The van der Waals surface area contributed by atoms with Gasteiger partial charge >= 0.3 is 6.18 Å². The molecule has 0 N–H and O–H groups in total. The number of hydrogen-bond donors (Lipinski definition) is 0. The number of halogens is 4. The van der Waals surface area contributed by atoms with Gasteiger partial charge in [-0.2, -0.15) is 13.2 Å². The van der Waals surface area contributed by atoms with E-state index in [1.54, 1.807) is 30.3 Å². The Morgan fingerprint density at radius 1 is 1.09 bits per heavy atom. The fraction of sp³-hybridized carbons (Fsp3) is 0.318. The Hall–Kier alpha value is -2.91. The first-order chi connectivity index (χ1) is 15.3. The maximum Gasteiger partial charge on any atom is 0.431 e. The molecule has 1 aromatic carbocycles. The number of rotatable bonds is 4. The molecule has 3 aromatic rings. The van der Waals surface area contributed by atoms with Crippen molar-refractivity contribution >= 4 is 17.5 Å². The topological polar surface area (TPSA) is 60.3 Å². The van der Waals surface area contributed by atoms with Crippen LogP contribution in [-0.4, -0.2) is 51.9 Å². The molecule has 3 heterocycles. The van der Waals surface area contributed by atoms with E-state index in [1.807, 2.05) is 0 Å². The molecule has 1 saturated heterocycles. The van der Waals surface area contributed by atoms with Crippen molar-refractivity contribution in [2.45, 2.75) is 19.6 Å². The molecule has 1 aliphatic heterocycles. The molecular formula is C22H20ClF3N4O2. The molecule has 0 atom stereocenters. The van der Waals surface area contributed by atoms with E-state index in [-0.39, 0.29) is 34.2 Å². The number of benzene rings is 1. The quantitative estimate of drug-likeness (QED) is 0.572. The average Bonchev–Trinajstić information content (AvgIpc) is 3.07. The van der Waals surface area contributed by atoms with E-state index < -0.39 is 17.8 Å². The van der Waals surface area contributed by atoms with E-state index in [1.165, 1.54) is 24.0 Å². The van der Waals surface area contributed by atoms with Crippen molar-refractivity contribution in [3.63, 3.8) is 0 Å². The first-order valence-corrected chi connectivity index (χ1v) is 10.4. The van der Waals surface area contributed by atoms with Crippen molar-refractivity contribution in [1.82, 2.24) is 19.7 Å². The van der Waals surface area contributed by atoms with Crippen LogP contribution in [0.25, 0.3) is 11.3 Å². The highest BCUT2D eigenvalue weighted by Crippen LogP contribution is 2.41. The van der Waals surface area contributed by atoms with E-state index in [0.29, 0.717) is 31.9 Å². The summed E-state index contributed by atoms with van der Waals surface area (Å²) < 4.78 is 49.2. The van der Waals surface area contributed by atoms with Crippen LogP contribution in [-0.2, 0) is 17.5 Å². The fourth-order valence-electron chi connectivity index (χ4n) is 3.94. The first kappa shape index (κ1) is 22.3. The molecule has 0 saturated carbocycles. The number of nitrogens with zero attached hydrogens (tertiary/aromatic N) is 4. The third-order valence-corrected chi connectivity index (χ3v) is 5.55. The van der Waals surface area contributed by atoms with Crippen molar-refractivity contribution in [3.05, 3.63) is 70.1 Å². The van der Waals surface area contributed by atoms with Gasteiger partial charge in [0.25, 0.3) is 5.91 Å². The summed E-state index contributed by atoms with van der Waals surface area (Å²) in [7, 11) is 0. The predicted octanol–water partition coefficient (Wildman–Crippen LogP) is 4.45. The van der Waals surface area contributed by atoms with Gasteiger partial charge in [0.15, 0.2) is 5.15 Å². The zero-order valence-corrected chi connectivity index (χ0v) is 18.0. The minimum atomic E-state index is -4.68. The third kappa shape index (κ3) is 4.35. The van der Waals surface area contributed by atoms with Gasteiger partial charge in [-0.1, -0.05) is 41.9 Å². The molecule has 168 valence electrons. The minimum absolute atomic E-state index is 0.0720. The van der Waals surface area contributed by atoms with Crippen molar-refractivity contribution < 1.29 is 22.7 Å². The second kappa shape index (κ2) is 8.91. The molecule has 0 spiro atoms. The van der Waals surface area contributed by atoms with Gasteiger partial charge in [0.2, 0.25) is 0 Å². The number of amides is 1. The summed E-state index contributed by atoms with van der Waals surface area (Å²) in [6.07, 6.45) is -4.68.